The van der Waals surface area contributed by atoms with Gasteiger partial charge < -0.3 is 5.73 Å². The number of hydrogen-bond acceptors (Lipinski definition) is 4. The first kappa shape index (κ1) is 16.4. The Kier molecular flexibility index (Phi) is 5.31. The maximum absolute atomic E-state index is 13.7. The lowest BCUT2D eigenvalue weighted by molar-refractivity contribution is 0.558. The van der Waals surface area contributed by atoms with Crippen LogP contribution in [0.5, 0.6) is 0 Å². The van der Waals surface area contributed by atoms with Crippen molar-refractivity contribution >= 4 is 38.1 Å². The smallest absolute Gasteiger partial charge is 0.243 e. The highest BCUT2D eigenvalue weighted by molar-refractivity contribution is 7.89. The van der Waals surface area contributed by atoms with Crippen LogP contribution in [0.4, 0.5) is 10.1 Å². The second kappa shape index (κ2) is 6.17. The summed E-state index contributed by atoms with van der Waals surface area (Å²) in [6.07, 6.45) is 1.46. The first-order chi connectivity index (χ1) is 8.65. The summed E-state index contributed by atoms with van der Waals surface area (Å²) in [5.41, 5.74) is 4.97. The molecule has 1 aromatic carbocycles. The van der Waals surface area contributed by atoms with Crippen molar-refractivity contribution in [2.45, 2.75) is 17.1 Å². The van der Waals surface area contributed by atoms with E-state index >= 15 is 0 Å². The first-order valence-corrected chi connectivity index (χ1v) is 8.70. The molecule has 0 aliphatic rings. The number of nitrogens with one attached hydrogen (secondary N) is 1. The lowest BCUT2D eigenvalue weighted by Crippen LogP contribution is -2.33. The molecule has 108 valence electrons. The van der Waals surface area contributed by atoms with Gasteiger partial charge in [0.2, 0.25) is 10.0 Å². The molecule has 0 radical (unpaired) electrons. The highest BCUT2D eigenvalue weighted by Gasteiger charge is 2.22. The van der Waals surface area contributed by atoms with Crippen molar-refractivity contribution in [3.8, 4) is 0 Å². The zero-order valence-corrected chi connectivity index (χ0v) is 12.7. The van der Waals surface area contributed by atoms with Crippen LogP contribution in [0.3, 0.4) is 0 Å². The Labute approximate surface area is 118 Å². The highest BCUT2D eigenvalue weighted by Crippen LogP contribution is 2.25. The molecule has 0 aliphatic carbocycles. The molecule has 0 fully saturated rings. The molecule has 0 saturated heterocycles. The Morgan fingerprint density at radius 1 is 1.53 bits per heavy atom. The van der Waals surface area contributed by atoms with Crippen molar-refractivity contribution in [3.63, 3.8) is 0 Å². The van der Waals surface area contributed by atoms with Gasteiger partial charge in [0.25, 0.3) is 0 Å². The summed E-state index contributed by atoms with van der Waals surface area (Å²) in [6, 6.07) is 2.10. The van der Waals surface area contributed by atoms with E-state index in [1.807, 2.05) is 0 Å². The van der Waals surface area contributed by atoms with Crippen LogP contribution in [-0.2, 0) is 20.8 Å². The summed E-state index contributed by atoms with van der Waals surface area (Å²) in [6.45, 7) is 1.54. The number of halogens is 2. The Bertz CT molecular complexity index is 607. The summed E-state index contributed by atoms with van der Waals surface area (Å²) in [7, 11) is -5.28. The maximum Gasteiger partial charge on any atom is 0.243 e. The molecule has 2 atom stereocenters. The van der Waals surface area contributed by atoms with E-state index in [2.05, 4.69) is 4.72 Å². The number of rotatable bonds is 5. The van der Waals surface area contributed by atoms with E-state index in [1.54, 1.807) is 6.92 Å². The van der Waals surface area contributed by atoms with Gasteiger partial charge in [-0.15, -0.1) is 0 Å². The first-order valence-electron chi connectivity index (χ1n) is 5.21. The van der Waals surface area contributed by atoms with Crippen molar-refractivity contribution in [2.75, 3.05) is 18.5 Å². The molecule has 0 aliphatic heterocycles. The summed E-state index contributed by atoms with van der Waals surface area (Å²) in [4.78, 5) is -0.619. The largest absolute Gasteiger partial charge is 0.396 e. The fraction of sp³-hybridized carbons (Fsp3) is 0.400. The van der Waals surface area contributed by atoms with E-state index in [1.165, 1.54) is 6.26 Å². The van der Waals surface area contributed by atoms with Gasteiger partial charge in [-0.1, -0.05) is 11.6 Å². The standard InChI is InChI=1S/C10H14ClFN2O3S2/c1-6(18(2)15)5-14-19(16,17)9-4-7(11)3-8(13)10(9)12/h3-4,6,14H,5,13H2,1-2H3. The number of sulfonamides is 1. The topological polar surface area (TPSA) is 89.3 Å². The van der Waals surface area contributed by atoms with Gasteiger partial charge in [0.1, 0.15) is 4.90 Å². The summed E-state index contributed by atoms with van der Waals surface area (Å²) >= 11 is 5.65. The average Bonchev–Trinajstić information content (AvgIpc) is 2.30. The van der Waals surface area contributed by atoms with Gasteiger partial charge >= 0.3 is 0 Å². The van der Waals surface area contributed by atoms with Gasteiger partial charge in [-0.2, -0.15) is 0 Å². The molecule has 1 rings (SSSR count). The van der Waals surface area contributed by atoms with Crippen molar-refractivity contribution in [1.29, 1.82) is 0 Å². The zero-order valence-electron chi connectivity index (χ0n) is 10.3. The van der Waals surface area contributed by atoms with Crippen LogP contribution in [0.25, 0.3) is 0 Å². The summed E-state index contributed by atoms with van der Waals surface area (Å²) in [5.74, 6) is -1.05. The van der Waals surface area contributed by atoms with E-state index in [4.69, 9.17) is 17.3 Å². The molecule has 5 nitrogen and oxygen atoms in total. The third-order valence-corrected chi connectivity index (χ3v) is 5.39. The van der Waals surface area contributed by atoms with Gasteiger partial charge in [-0.3, -0.25) is 4.21 Å². The molecule has 19 heavy (non-hydrogen) atoms. The fourth-order valence-electron chi connectivity index (χ4n) is 1.20. The highest BCUT2D eigenvalue weighted by atomic mass is 35.5. The van der Waals surface area contributed by atoms with Crippen molar-refractivity contribution in [3.05, 3.63) is 23.0 Å². The van der Waals surface area contributed by atoms with E-state index in [0.29, 0.717) is 0 Å². The van der Waals surface area contributed by atoms with Crippen LogP contribution >= 0.6 is 11.6 Å². The van der Waals surface area contributed by atoms with E-state index < -0.39 is 36.8 Å². The Balaban J connectivity index is 3.05. The predicted octanol–water partition coefficient (Wildman–Crippen LogP) is 1.11. The van der Waals surface area contributed by atoms with Gasteiger partial charge in [0.05, 0.1) is 5.69 Å². The molecule has 0 bridgehead atoms. The third kappa shape index (κ3) is 4.13. The van der Waals surface area contributed by atoms with Crippen LogP contribution < -0.4 is 10.5 Å². The maximum atomic E-state index is 13.7. The average molecular weight is 329 g/mol. The van der Waals surface area contributed by atoms with Crippen LogP contribution in [-0.4, -0.2) is 30.7 Å². The molecule has 9 heteroatoms. The minimum atomic E-state index is -4.09. The molecule has 0 saturated carbocycles. The molecule has 3 N–H and O–H groups in total. The van der Waals surface area contributed by atoms with Crippen molar-refractivity contribution in [2.24, 2.45) is 0 Å². The normalized spacial score (nSPS) is 15.2. The molecule has 1 aromatic rings. The minimum absolute atomic E-state index is 0.0198. The molecule has 0 heterocycles. The monoisotopic (exact) mass is 328 g/mol. The van der Waals surface area contributed by atoms with Crippen LogP contribution in [0.1, 0.15) is 6.92 Å². The summed E-state index contributed by atoms with van der Waals surface area (Å²) in [5, 5.41) is -0.374. The summed E-state index contributed by atoms with van der Waals surface area (Å²) < 4.78 is 50.8. The Morgan fingerprint density at radius 2 is 2.11 bits per heavy atom. The van der Waals surface area contributed by atoms with Gasteiger partial charge in [-0.05, 0) is 19.1 Å². The number of hydrogen-bond donors (Lipinski definition) is 2. The van der Waals surface area contributed by atoms with Crippen LogP contribution in [0.2, 0.25) is 5.02 Å². The quantitative estimate of drug-likeness (QED) is 0.792. The van der Waals surface area contributed by atoms with E-state index in [0.717, 1.165) is 12.1 Å². The number of nitrogens with two attached hydrogens (primary N) is 1. The SMILES string of the molecule is CC(CNS(=O)(=O)c1cc(Cl)cc(N)c1F)S(C)=O. The second-order valence-corrected chi connectivity index (χ2v) is 7.94. The Morgan fingerprint density at radius 3 is 2.63 bits per heavy atom. The minimum Gasteiger partial charge on any atom is -0.396 e. The predicted molar refractivity (Wildman–Crippen MR) is 74.5 cm³/mol. The third-order valence-electron chi connectivity index (χ3n) is 2.45. The van der Waals surface area contributed by atoms with Crippen LogP contribution in [0, 0.1) is 5.82 Å². The lowest BCUT2D eigenvalue weighted by atomic mass is 10.3. The number of anilines is 1. The van der Waals surface area contributed by atoms with E-state index in [-0.39, 0.29) is 17.3 Å². The van der Waals surface area contributed by atoms with Crippen LogP contribution in [0.15, 0.2) is 17.0 Å². The van der Waals surface area contributed by atoms with Gasteiger partial charge in [0.15, 0.2) is 5.82 Å². The molecule has 2 unspecified atom stereocenters. The lowest BCUT2D eigenvalue weighted by Gasteiger charge is -2.12. The molecule has 0 aromatic heterocycles. The fourth-order valence-corrected chi connectivity index (χ4v) is 3.18. The second-order valence-electron chi connectivity index (χ2n) is 3.97. The van der Waals surface area contributed by atoms with Gasteiger partial charge in [0, 0.05) is 33.9 Å². The van der Waals surface area contributed by atoms with E-state index in [9.17, 15) is 17.0 Å². The Hall–Kier alpha value is -0.700. The zero-order chi connectivity index (χ0) is 14.8. The van der Waals surface area contributed by atoms with Crippen molar-refractivity contribution < 1.29 is 17.0 Å². The van der Waals surface area contributed by atoms with Gasteiger partial charge in [-0.25, -0.2) is 17.5 Å². The molecule has 0 amide bonds. The number of benzene rings is 1. The molecular formula is C10H14ClFN2O3S2. The molecule has 0 spiro atoms. The number of nitrogen functional groups attached to an aromatic ring is 1. The van der Waals surface area contributed by atoms with Crippen molar-refractivity contribution in [1.82, 2.24) is 4.72 Å². The molecular weight excluding hydrogens is 315 g/mol.